The van der Waals surface area contributed by atoms with E-state index in [-0.39, 0.29) is 6.04 Å². The van der Waals surface area contributed by atoms with E-state index in [4.69, 9.17) is 16.9 Å². The molecule has 78 valence electrons. The molecule has 0 radical (unpaired) electrons. The molecule has 0 saturated carbocycles. The molecule has 1 N–H and O–H groups in total. The number of halogens is 1. The Balaban J connectivity index is 2.18. The summed E-state index contributed by atoms with van der Waals surface area (Å²) in [4.78, 5) is 2.15. The highest BCUT2D eigenvalue weighted by molar-refractivity contribution is 6.33. The molecule has 1 unspecified atom stereocenters. The van der Waals surface area contributed by atoms with Crippen molar-refractivity contribution in [3.05, 3.63) is 29.3 Å². The Labute approximate surface area is 94.3 Å². The minimum atomic E-state index is -0.102. The van der Waals surface area contributed by atoms with Gasteiger partial charge in [-0.05, 0) is 12.1 Å². The highest BCUT2D eigenvalue weighted by atomic mass is 35.5. The van der Waals surface area contributed by atoms with Crippen LogP contribution in [0.1, 0.15) is 0 Å². The molecule has 1 aromatic carbocycles. The van der Waals surface area contributed by atoms with Crippen LogP contribution < -0.4 is 10.2 Å². The van der Waals surface area contributed by atoms with Crippen molar-refractivity contribution in [2.75, 3.05) is 24.5 Å². The number of para-hydroxylation sites is 1. The van der Waals surface area contributed by atoms with Gasteiger partial charge in [0.25, 0.3) is 0 Å². The summed E-state index contributed by atoms with van der Waals surface area (Å²) < 4.78 is 0. The molecule has 0 spiro atoms. The van der Waals surface area contributed by atoms with Gasteiger partial charge in [-0.2, -0.15) is 5.26 Å². The van der Waals surface area contributed by atoms with Crippen LogP contribution >= 0.6 is 11.6 Å². The van der Waals surface area contributed by atoms with E-state index in [9.17, 15) is 0 Å². The lowest BCUT2D eigenvalue weighted by Crippen LogP contribution is -2.50. The Kier molecular flexibility index (Phi) is 3.10. The fourth-order valence-corrected chi connectivity index (χ4v) is 2.02. The molecule has 1 fully saturated rings. The molecule has 15 heavy (non-hydrogen) atoms. The Morgan fingerprint density at radius 3 is 3.00 bits per heavy atom. The monoisotopic (exact) mass is 221 g/mol. The fourth-order valence-electron chi connectivity index (χ4n) is 1.76. The summed E-state index contributed by atoms with van der Waals surface area (Å²) in [7, 11) is 0. The second-order valence-electron chi connectivity index (χ2n) is 3.53. The van der Waals surface area contributed by atoms with Gasteiger partial charge in [0, 0.05) is 19.6 Å². The number of hydrogen-bond acceptors (Lipinski definition) is 3. The van der Waals surface area contributed by atoms with Crippen LogP contribution in [-0.4, -0.2) is 25.7 Å². The fraction of sp³-hybridized carbons (Fsp3) is 0.364. The highest BCUT2D eigenvalue weighted by Crippen LogP contribution is 2.25. The zero-order chi connectivity index (χ0) is 10.7. The summed E-state index contributed by atoms with van der Waals surface area (Å²) in [6.07, 6.45) is 0. The Morgan fingerprint density at radius 1 is 1.47 bits per heavy atom. The number of rotatable bonds is 1. The molecule has 2 rings (SSSR count). The van der Waals surface area contributed by atoms with Crippen molar-refractivity contribution in [2.24, 2.45) is 0 Å². The van der Waals surface area contributed by atoms with E-state index in [1.165, 1.54) is 0 Å². The third-order valence-electron chi connectivity index (χ3n) is 2.52. The van der Waals surface area contributed by atoms with E-state index >= 15 is 0 Å². The van der Waals surface area contributed by atoms with E-state index in [1.807, 2.05) is 24.3 Å². The molecule has 0 bridgehead atoms. The summed E-state index contributed by atoms with van der Waals surface area (Å²) in [6.45, 7) is 2.41. The lowest BCUT2D eigenvalue weighted by atomic mass is 10.2. The number of piperazine rings is 1. The van der Waals surface area contributed by atoms with Gasteiger partial charge in [-0.25, -0.2) is 0 Å². The topological polar surface area (TPSA) is 39.1 Å². The van der Waals surface area contributed by atoms with E-state index in [0.717, 1.165) is 23.8 Å². The lowest BCUT2D eigenvalue weighted by molar-refractivity contribution is 0.525. The Hall–Kier alpha value is -1.24. The first kappa shape index (κ1) is 10.3. The number of nitriles is 1. The van der Waals surface area contributed by atoms with Gasteiger partial charge < -0.3 is 4.90 Å². The maximum atomic E-state index is 8.85. The highest BCUT2D eigenvalue weighted by Gasteiger charge is 2.19. The standard InChI is InChI=1S/C11H12ClN3/c12-10-3-1-2-4-11(10)15-6-5-14-9(7-13)8-15/h1-4,9,14H,5-6,8H2. The van der Waals surface area contributed by atoms with Gasteiger partial charge in [-0.15, -0.1) is 0 Å². The van der Waals surface area contributed by atoms with Crippen LogP contribution in [0.3, 0.4) is 0 Å². The summed E-state index contributed by atoms with van der Waals surface area (Å²) in [5.74, 6) is 0. The van der Waals surface area contributed by atoms with Crippen molar-refractivity contribution >= 4 is 17.3 Å². The maximum absolute atomic E-state index is 8.85. The normalized spacial score (nSPS) is 21.1. The molecule has 4 heteroatoms. The van der Waals surface area contributed by atoms with E-state index in [1.54, 1.807) is 0 Å². The minimum Gasteiger partial charge on any atom is -0.366 e. The van der Waals surface area contributed by atoms with E-state index in [2.05, 4.69) is 16.3 Å². The molecule has 1 aliphatic rings. The SMILES string of the molecule is N#CC1CN(c2ccccc2Cl)CCN1. The number of benzene rings is 1. The summed E-state index contributed by atoms with van der Waals surface area (Å²) in [5.41, 5.74) is 1.01. The largest absolute Gasteiger partial charge is 0.366 e. The summed E-state index contributed by atoms with van der Waals surface area (Å²) in [5, 5.41) is 12.7. The average Bonchev–Trinajstić information content (AvgIpc) is 2.30. The molecular formula is C11H12ClN3. The lowest BCUT2D eigenvalue weighted by Gasteiger charge is -2.32. The second-order valence-corrected chi connectivity index (χ2v) is 3.94. The predicted octanol–water partition coefficient (Wildman–Crippen LogP) is 1.64. The molecule has 1 heterocycles. The van der Waals surface area contributed by atoms with Crippen LogP contribution in [0, 0.1) is 11.3 Å². The van der Waals surface area contributed by atoms with Crippen LogP contribution in [0.4, 0.5) is 5.69 Å². The third kappa shape index (κ3) is 2.23. The van der Waals surface area contributed by atoms with Gasteiger partial charge in [0.15, 0.2) is 0 Å². The first-order valence-corrected chi connectivity index (χ1v) is 5.31. The molecule has 3 nitrogen and oxygen atoms in total. The van der Waals surface area contributed by atoms with Crippen molar-refractivity contribution in [2.45, 2.75) is 6.04 Å². The number of anilines is 1. The van der Waals surface area contributed by atoms with Crippen LogP contribution in [0.25, 0.3) is 0 Å². The smallest absolute Gasteiger partial charge is 0.113 e. The average molecular weight is 222 g/mol. The van der Waals surface area contributed by atoms with Gasteiger partial charge in [-0.3, -0.25) is 5.32 Å². The van der Waals surface area contributed by atoms with Crippen molar-refractivity contribution in [1.82, 2.24) is 5.32 Å². The molecule has 1 aliphatic heterocycles. The Bertz CT molecular complexity index is 386. The quantitative estimate of drug-likeness (QED) is 0.784. The number of nitrogens with one attached hydrogen (secondary N) is 1. The molecular weight excluding hydrogens is 210 g/mol. The van der Waals surface area contributed by atoms with Crippen molar-refractivity contribution in [3.63, 3.8) is 0 Å². The zero-order valence-corrected chi connectivity index (χ0v) is 9.04. The number of nitrogens with zero attached hydrogens (tertiary/aromatic N) is 2. The molecule has 1 aromatic rings. The van der Waals surface area contributed by atoms with Gasteiger partial charge in [-0.1, -0.05) is 23.7 Å². The zero-order valence-electron chi connectivity index (χ0n) is 8.28. The van der Waals surface area contributed by atoms with Crippen LogP contribution in [0.2, 0.25) is 5.02 Å². The second kappa shape index (κ2) is 4.52. The first-order chi connectivity index (χ1) is 7.31. The first-order valence-electron chi connectivity index (χ1n) is 4.94. The number of hydrogen-bond donors (Lipinski definition) is 1. The van der Waals surface area contributed by atoms with E-state index < -0.39 is 0 Å². The van der Waals surface area contributed by atoms with Crippen LogP contribution in [-0.2, 0) is 0 Å². The minimum absolute atomic E-state index is 0.102. The summed E-state index contributed by atoms with van der Waals surface area (Å²) in [6, 6.07) is 9.86. The van der Waals surface area contributed by atoms with Gasteiger partial charge >= 0.3 is 0 Å². The van der Waals surface area contributed by atoms with Crippen LogP contribution in [0.5, 0.6) is 0 Å². The molecule has 1 saturated heterocycles. The molecule has 0 amide bonds. The van der Waals surface area contributed by atoms with Crippen molar-refractivity contribution in [3.8, 4) is 6.07 Å². The van der Waals surface area contributed by atoms with Gasteiger partial charge in [0.2, 0.25) is 0 Å². The predicted molar refractivity (Wildman–Crippen MR) is 61.1 cm³/mol. The van der Waals surface area contributed by atoms with Crippen molar-refractivity contribution < 1.29 is 0 Å². The Morgan fingerprint density at radius 2 is 2.27 bits per heavy atom. The van der Waals surface area contributed by atoms with Crippen LogP contribution in [0.15, 0.2) is 24.3 Å². The summed E-state index contributed by atoms with van der Waals surface area (Å²) >= 11 is 6.10. The third-order valence-corrected chi connectivity index (χ3v) is 2.84. The molecule has 1 atom stereocenters. The molecule has 0 aromatic heterocycles. The van der Waals surface area contributed by atoms with Gasteiger partial charge in [0.1, 0.15) is 6.04 Å². The molecule has 0 aliphatic carbocycles. The maximum Gasteiger partial charge on any atom is 0.113 e. The van der Waals surface area contributed by atoms with E-state index in [0.29, 0.717) is 6.54 Å². The van der Waals surface area contributed by atoms with Gasteiger partial charge in [0.05, 0.1) is 16.8 Å². The van der Waals surface area contributed by atoms with Crippen molar-refractivity contribution in [1.29, 1.82) is 5.26 Å².